The highest BCUT2D eigenvalue weighted by atomic mass is 16.4. The number of unbranched alkanes of at least 4 members (excludes halogenated alkanes) is 4. The number of hydrogen-bond donors (Lipinski definition) is 1. The normalized spacial score (nSPS) is 10.9. The highest BCUT2D eigenvalue weighted by Gasteiger charge is 2.00. The molecule has 3 heteroatoms. The van der Waals surface area contributed by atoms with Gasteiger partial charge in [-0.25, -0.2) is 0 Å². The molecule has 0 radical (unpaired) electrons. The fraction of sp³-hybridized carbons (Fsp3) is 0.438. The van der Waals surface area contributed by atoms with E-state index in [4.69, 9.17) is 5.11 Å². The third kappa shape index (κ3) is 4.12. The van der Waals surface area contributed by atoms with E-state index in [-0.39, 0.29) is 0 Å². The van der Waals surface area contributed by atoms with Gasteiger partial charge in [0.05, 0.1) is 0 Å². The maximum Gasteiger partial charge on any atom is 0.303 e. The first kappa shape index (κ1) is 13.7. The summed E-state index contributed by atoms with van der Waals surface area (Å²) in [6.07, 6.45) is 7.75. The lowest BCUT2D eigenvalue weighted by molar-refractivity contribution is -0.137. The summed E-state index contributed by atoms with van der Waals surface area (Å²) in [4.78, 5) is 10.4. The smallest absolute Gasteiger partial charge is 0.303 e. The number of aromatic nitrogens is 1. The molecule has 0 spiro atoms. The first-order valence-corrected chi connectivity index (χ1v) is 7.03. The number of hydrogen-bond acceptors (Lipinski definition) is 1. The SMILES string of the molecule is O=C(O)CCCCCCCn1ccc2ccccc21. The van der Waals surface area contributed by atoms with Gasteiger partial charge >= 0.3 is 5.97 Å². The minimum absolute atomic E-state index is 0.308. The number of benzene rings is 1. The van der Waals surface area contributed by atoms with Crippen molar-refractivity contribution in [2.24, 2.45) is 0 Å². The maximum absolute atomic E-state index is 10.4. The van der Waals surface area contributed by atoms with Crippen molar-refractivity contribution in [3.63, 3.8) is 0 Å². The van der Waals surface area contributed by atoms with E-state index in [1.165, 1.54) is 17.3 Å². The summed E-state index contributed by atoms with van der Waals surface area (Å²) in [7, 11) is 0. The van der Waals surface area contributed by atoms with Crippen molar-refractivity contribution in [1.29, 1.82) is 0 Å². The van der Waals surface area contributed by atoms with E-state index >= 15 is 0 Å². The fourth-order valence-electron chi connectivity index (χ4n) is 2.42. The van der Waals surface area contributed by atoms with Gasteiger partial charge in [-0.05, 0) is 30.4 Å². The molecular weight excluding hydrogens is 238 g/mol. The zero-order valence-electron chi connectivity index (χ0n) is 11.2. The molecule has 0 atom stereocenters. The Kier molecular flexibility index (Phi) is 5.01. The van der Waals surface area contributed by atoms with E-state index in [9.17, 15) is 4.79 Å². The van der Waals surface area contributed by atoms with Crippen molar-refractivity contribution in [2.75, 3.05) is 0 Å². The number of para-hydroxylation sites is 1. The maximum atomic E-state index is 10.4. The molecule has 0 aliphatic carbocycles. The molecule has 0 amide bonds. The van der Waals surface area contributed by atoms with Crippen LogP contribution < -0.4 is 0 Å². The number of rotatable bonds is 8. The fourth-order valence-corrected chi connectivity index (χ4v) is 2.42. The molecule has 0 unspecified atom stereocenters. The van der Waals surface area contributed by atoms with E-state index in [2.05, 4.69) is 41.1 Å². The van der Waals surface area contributed by atoms with Gasteiger partial charge < -0.3 is 9.67 Å². The molecule has 2 aromatic rings. The quantitative estimate of drug-likeness (QED) is 0.726. The minimum atomic E-state index is -0.682. The molecule has 19 heavy (non-hydrogen) atoms. The van der Waals surface area contributed by atoms with Crippen LogP contribution in [0.4, 0.5) is 0 Å². The average Bonchev–Trinajstić information content (AvgIpc) is 2.81. The Morgan fingerprint density at radius 3 is 2.58 bits per heavy atom. The molecule has 0 aliphatic rings. The summed E-state index contributed by atoms with van der Waals surface area (Å²) < 4.78 is 2.30. The van der Waals surface area contributed by atoms with Gasteiger partial charge in [0.25, 0.3) is 0 Å². The van der Waals surface area contributed by atoms with Crippen LogP contribution in [0.25, 0.3) is 10.9 Å². The van der Waals surface area contributed by atoms with Gasteiger partial charge in [-0.2, -0.15) is 0 Å². The van der Waals surface area contributed by atoms with Crippen molar-refractivity contribution in [3.05, 3.63) is 36.5 Å². The Balaban J connectivity index is 1.67. The third-order valence-corrected chi connectivity index (χ3v) is 3.47. The second-order valence-corrected chi connectivity index (χ2v) is 4.98. The number of carboxylic acid groups (broad SMARTS) is 1. The molecular formula is C16H21NO2. The van der Waals surface area contributed by atoms with Gasteiger partial charge in [-0.1, -0.05) is 37.5 Å². The Bertz CT molecular complexity index is 530. The van der Waals surface area contributed by atoms with E-state index < -0.39 is 5.97 Å². The van der Waals surface area contributed by atoms with Gasteiger partial charge in [-0.3, -0.25) is 4.79 Å². The Morgan fingerprint density at radius 1 is 1.00 bits per heavy atom. The number of aliphatic carboxylic acids is 1. The van der Waals surface area contributed by atoms with E-state index in [1.807, 2.05) is 0 Å². The lowest BCUT2D eigenvalue weighted by atomic mass is 10.1. The van der Waals surface area contributed by atoms with Crippen molar-refractivity contribution in [1.82, 2.24) is 4.57 Å². The summed E-state index contributed by atoms with van der Waals surface area (Å²) in [6.45, 7) is 1.05. The van der Waals surface area contributed by atoms with Crippen molar-refractivity contribution in [3.8, 4) is 0 Å². The molecule has 0 bridgehead atoms. The summed E-state index contributed by atoms with van der Waals surface area (Å²) in [6, 6.07) is 10.6. The van der Waals surface area contributed by atoms with Gasteiger partial charge in [0, 0.05) is 24.7 Å². The predicted molar refractivity (Wildman–Crippen MR) is 77.3 cm³/mol. The van der Waals surface area contributed by atoms with Gasteiger partial charge in [0.1, 0.15) is 0 Å². The van der Waals surface area contributed by atoms with E-state index in [0.717, 1.165) is 32.2 Å². The summed E-state index contributed by atoms with van der Waals surface area (Å²) in [5.41, 5.74) is 1.30. The van der Waals surface area contributed by atoms with E-state index in [1.54, 1.807) is 0 Å². The van der Waals surface area contributed by atoms with Crippen LogP contribution in [0.5, 0.6) is 0 Å². The zero-order valence-corrected chi connectivity index (χ0v) is 11.2. The molecule has 0 aliphatic heterocycles. The van der Waals surface area contributed by atoms with Crippen LogP contribution in [-0.4, -0.2) is 15.6 Å². The third-order valence-electron chi connectivity index (χ3n) is 3.47. The van der Waals surface area contributed by atoms with E-state index in [0.29, 0.717) is 6.42 Å². The first-order valence-electron chi connectivity index (χ1n) is 7.03. The highest BCUT2D eigenvalue weighted by Crippen LogP contribution is 2.16. The molecule has 1 heterocycles. The van der Waals surface area contributed by atoms with Crippen molar-refractivity contribution >= 4 is 16.9 Å². The standard InChI is InChI=1S/C16H21NO2/c18-16(19)10-4-2-1-3-7-12-17-13-11-14-8-5-6-9-15(14)17/h5-6,8-9,11,13H,1-4,7,10,12H2,(H,18,19). The van der Waals surface area contributed by atoms with Crippen LogP contribution in [0.2, 0.25) is 0 Å². The molecule has 3 nitrogen and oxygen atoms in total. The minimum Gasteiger partial charge on any atom is -0.481 e. The highest BCUT2D eigenvalue weighted by molar-refractivity contribution is 5.79. The van der Waals surface area contributed by atoms with Crippen LogP contribution in [0.1, 0.15) is 38.5 Å². The largest absolute Gasteiger partial charge is 0.481 e. The average molecular weight is 259 g/mol. The number of carboxylic acids is 1. The second-order valence-electron chi connectivity index (χ2n) is 4.98. The number of fused-ring (bicyclic) bond motifs is 1. The van der Waals surface area contributed by atoms with Gasteiger partial charge in [-0.15, -0.1) is 0 Å². The Labute approximate surface area is 113 Å². The van der Waals surface area contributed by atoms with Crippen molar-refractivity contribution in [2.45, 2.75) is 45.1 Å². The first-order chi connectivity index (χ1) is 9.27. The molecule has 0 saturated carbocycles. The molecule has 1 aromatic carbocycles. The zero-order chi connectivity index (χ0) is 13.5. The monoisotopic (exact) mass is 259 g/mol. The Hall–Kier alpha value is -1.77. The summed E-state index contributed by atoms with van der Waals surface area (Å²) >= 11 is 0. The van der Waals surface area contributed by atoms with Crippen LogP contribution in [-0.2, 0) is 11.3 Å². The van der Waals surface area contributed by atoms with Crippen molar-refractivity contribution < 1.29 is 9.90 Å². The Morgan fingerprint density at radius 2 is 1.74 bits per heavy atom. The van der Waals surface area contributed by atoms with Gasteiger partial charge in [0.2, 0.25) is 0 Å². The predicted octanol–water partition coefficient (Wildman–Crippen LogP) is 4.07. The summed E-state index contributed by atoms with van der Waals surface area (Å²) in [5.74, 6) is -0.682. The molecule has 0 saturated heterocycles. The lowest BCUT2D eigenvalue weighted by Gasteiger charge is -2.05. The topological polar surface area (TPSA) is 42.2 Å². The van der Waals surface area contributed by atoms with Crippen LogP contribution in [0.15, 0.2) is 36.5 Å². The number of carbonyl (C=O) groups is 1. The molecule has 2 rings (SSSR count). The second kappa shape index (κ2) is 6.98. The molecule has 0 fully saturated rings. The molecule has 102 valence electrons. The number of aryl methyl sites for hydroxylation is 1. The number of nitrogens with zero attached hydrogens (tertiary/aromatic N) is 1. The van der Waals surface area contributed by atoms with Crippen LogP contribution in [0, 0.1) is 0 Å². The molecule has 1 aromatic heterocycles. The van der Waals surface area contributed by atoms with Crippen LogP contribution in [0.3, 0.4) is 0 Å². The lowest BCUT2D eigenvalue weighted by Crippen LogP contribution is -1.96. The summed E-state index contributed by atoms with van der Waals surface area (Å²) in [5, 5.41) is 9.83. The van der Waals surface area contributed by atoms with Gasteiger partial charge in [0.15, 0.2) is 0 Å². The van der Waals surface area contributed by atoms with Crippen LogP contribution >= 0.6 is 0 Å². The molecule has 1 N–H and O–H groups in total.